The van der Waals surface area contributed by atoms with Crippen molar-refractivity contribution in [2.45, 2.75) is 37.9 Å². The van der Waals surface area contributed by atoms with Gasteiger partial charge in [0, 0.05) is 6.20 Å². The second kappa shape index (κ2) is 4.66. The Kier molecular flexibility index (Phi) is 3.36. The molecule has 0 unspecified atom stereocenters. The number of aromatic nitrogens is 1. The predicted molar refractivity (Wildman–Crippen MR) is 61.7 cm³/mol. The Labute approximate surface area is 103 Å². The van der Waals surface area contributed by atoms with Gasteiger partial charge in [0.1, 0.15) is 5.54 Å². The highest BCUT2D eigenvalue weighted by Gasteiger charge is 2.64. The number of alkyl halides is 3. The van der Waals surface area contributed by atoms with Gasteiger partial charge in [-0.05, 0) is 31.4 Å². The molecule has 1 aliphatic rings. The fourth-order valence-corrected chi connectivity index (χ4v) is 1.64. The van der Waals surface area contributed by atoms with E-state index in [1.54, 1.807) is 12.1 Å². The summed E-state index contributed by atoms with van der Waals surface area (Å²) >= 11 is 0. The van der Waals surface area contributed by atoms with Crippen molar-refractivity contribution in [3.8, 4) is 5.75 Å². The van der Waals surface area contributed by atoms with Crippen molar-refractivity contribution in [2.24, 2.45) is 0 Å². The minimum absolute atomic E-state index is 0.0836. The van der Waals surface area contributed by atoms with Gasteiger partial charge in [-0.1, -0.05) is 6.92 Å². The molecular weight excluding hydrogens is 245 g/mol. The lowest BCUT2D eigenvalue weighted by atomic mass is 10.2. The third kappa shape index (κ3) is 2.52. The molecule has 1 aromatic heterocycles. The van der Waals surface area contributed by atoms with Crippen LogP contribution in [0, 0.1) is 0 Å². The Morgan fingerprint density at radius 2 is 2.17 bits per heavy atom. The van der Waals surface area contributed by atoms with Crippen LogP contribution in [0.25, 0.3) is 0 Å². The van der Waals surface area contributed by atoms with Crippen molar-refractivity contribution < 1.29 is 17.9 Å². The summed E-state index contributed by atoms with van der Waals surface area (Å²) in [6.45, 7) is 2.39. The van der Waals surface area contributed by atoms with E-state index < -0.39 is 11.7 Å². The molecule has 2 rings (SSSR count). The maximum atomic E-state index is 12.8. The molecule has 1 heterocycles. The molecule has 0 radical (unpaired) electrons. The van der Waals surface area contributed by atoms with Crippen LogP contribution in [0.15, 0.2) is 18.3 Å². The van der Waals surface area contributed by atoms with Gasteiger partial charge in [0.15, 0.2) is 11.6 Å². The molecule has 0 atom stereocenters. The van der Waals surface area contributed by atoms with Crippen LogP contribution in [0.2, 0.25) is 0 Å². The van der Waals surface area contributed by atoms with E-state index in [0.717, 1.165) is 6.42 Å². The van der Waals surface area contributed by atoms with Crippen LogP contribution < -0.4 is 10.1 Å². The van der Waals surface area contributed by atoms with E-state index in [0.29, 0.717) is 12.4 Å². The summed E-state index contributed by atoms with van der Waals surface area (Å²) in [7, 11) is 0. The highest BCUT2D eigenvalue weighted by Crippen LogP contribution is 2.51. The maximum Gasteiger partial charge on any atom is 0.411 e. The summed E-state index contributed by atoms with van der Waals surface area (Å²) < 4.78 is 43.9. The summed E-state index contributed by atoms with van der Waals surface area (Å²) in [5.41, 5.74) is -1.81. The lowest BCUT2D eigenvalue weighted by molar-refractivity contribution is -0.151. The standard InChI is InChI=1S/C12H15F3N2O/c1-2-8-18-9-4-3-7-16-10(9)17-11(5-6-11)12(13,14)15/h3-4,7H,2,5-6,8H2,1H3,(H,16,17). The third-order valence-electron chi connectivity index (χ3n) is 2.88. The molecule has 18 heavy (non-hydrogen) atoms. The minimum atomic E-state index is -4.26. The Hall–Kier alpha value is -1.46. The second-order valence-corrected chi connectivity index (χ2v) is 4.40. The van der Waals surface area contributed by atoms with E-state index in [1.165, 1.54) is 6.20 Å². The van der Waals surface area contributed by atoms with Gasteiger partial charge in [0.05, 0.1) is 6.61 Å². The Balaban J connectivity index is 2.14. The Bertz CT molecular complexity index is 416. The molecule has 0 spiro atoms. The van der Waals surface area contributed by atoms with Crippen LogP contribution in [0.4, 0.5) is 19.0 Å². The molecule has 1 fully saturated rings. The molecule has 100 valence electrons. The summed E-state index contributed by atoms with van der Waals surface area (Å²) in [6.07, 6.45) is -1.85. The van der Waals surface area contributed by atoms with Crippen LogP contribution in [-0.4, -0.2) is 23.3 Å². The first-order valence-electron chi connectivity index (χ1n) is 5.91. The second-order valence-electron chi connectivity index (χ2n) is 4.40. The van der Waals surface area contributed by atoms with Crippen molar-refractivity contribution >= 4 is 5.82 Å². The fraction of sp³-hybridized carbons (Fsp3) is 0.583. The average Bonchev–Trinajstić information content (AvgIpc) is 3.08. The van der Waals surface area contributed by atoms with E-state index in [-0.39, 0.29) is 18.7 Å². The van der Waals surface area contributed by atoms with Crippen LogP contribution in [0.5, 0.6) is 5.75 Å². The zero-order chi connectivity index (χ0) is 13.2. The normalized spacial score (nSPS) is 17.3. The van der Waals surface area contributed by atoms with Gasteiger partial charge in [-0.15, -0.1) is 0 Å². The summed E-state index contributed by atoms with van der Waals surface area (Å²) in [6, 6.07) is 3.26. The topological polar surface area (TPSA) is 34.1 Å². The quantitative estimate of drug-likeness (QED) is 0.881. The largest absolute Gasteiger partial charge is 0.490 e. The zero-order valence-corrected chi connectivity index (χ0v) is 10.0. The van der Waals surface area contributed by atoms with Gasteiger partial charge in [-0.2, -0.15) is 13.2 Å². The van der Waals surface area contributed by atoms with Crippen molar-refractivity contribution in [3.05, 3.63) is 18.3 Å². The number of halogens is 3. The Morgan fingerprint density at radius 1 is 1.44 bits per heavy atom. The average molecular weight is 260 g/mol. The Morgan fingerprint density at radius 3 is 2.72 bits per heavy atom. The summed E-state index contributed by atoms with van der Waals surface area (Å²) in [5, 5.41) is 2.49. The van der Waals surface area contributed by atoms with Gasteiger partial charge in [-0.3, -0.25) is 0 Å². The SMILES string of the molecule is CCCOc1cccnc1NC1(C(F)(F)F)CC1. The number of nitrogens with one attached hydrogen (secondary N) is 1. The molecule has 1 aromatic rings. The number of pyridine rings is 1. The van der Waals surface area contributed by atoms with E-state index in [2.05, 4.69) is 10.3 Å². The first-order chi connectivity index (χ1) is 8.48. The van der Waals surface area contributed by atoms with Gasteiger partial charge in [0.2, 0.25) is 0 Å². The van der Waals surface area contributed by atoms with Gasteiger partial charge < -0.3 is 10.1 Å². The molecule has 0 bridgehead atoms. The summed E-state index contributed by atoms with van der Waals surface area (Å²) in [5.74, 6) is 0.538. The third-order valence-corrected chi connectivity index (χ3v) is 2.88. The smallest absolute Gasteiger partial charge is 0.411 e. The molecular formula is C12H15F3N2O. The van der Waals surface area contributed by atoms with E-state index in [4.69, 9.17) is 4.74 Å². The van der Waals surface area contributed by atoms with Crippen molar-refractivity contribution in [1.29, 1.82) is 0 Å². The first kappa shape index (κ1) is 13.0. The monoisotopic (exact) mass is 260 g/mol. The number of ether oxygens (including phenoxy) is 1. The number of anilines is 1. The molecule has 0 saturated heterocycles. The molecule has 3 nitrogen and oxygen atoms in total. The predicted octanol–water partition coefficient (Wildman–Crippen LogP) is 3.38. The van der Waals surface area contributed by atoms with E-state index in [1.807, 2.05) is 6.92 Å². The van der Waals surface area contributed by atoms with E-state index in [9.17, 15) is 13.2 Å². The molecule has 0 aliphatic heterocycles. The van der Waals surface area contributed by atoms with Crippen molar-refractivity contribution in [3.63, 3.8) is 0 Å². The van der Waals surface area contributed by atoms with Crippen LogP contribution in [-0.2, 0) is 0 Å². The minimum Gasteiger partial charge on any atom is -0.490 e. The van der Waals surface area contributed by atoms with Crippen molar-refractivity contribution in [1.82, 2.24) is 4.98 Å². The summed E-state index contributed by atoms with van der Waals surface area (Å²) in [4.78, 5) is 3.93. The van der Waals surface area contributed by atoms with Crippen LogP contribution in [0.1, 0.15) is 26.2 Å². The molecule has 1 aliphatic carbocycles. The number of hydrogen-bond donors (Lipinski definition) is 1. The van der Waals surface area contributed by atoms with Crippen LogP contribution >= 0.6 is 0 Å². The molecule has 6 heteroatoms. The zero-order valence-electron chi connectivity index (χ0n) is 10.0. The molecule has 0 amide bonds. The molecule has 1 saturated carbocycles. The van der Waals surface area contributed by atoms with Gasteiger partial charge in [-0.25, -0.2) is 4.98 Å². The first-order valence-corrected chi connectivity index (χ1v) is 5.91. The number of rotatable bonds is 5. The molecule has 1 N–H and O–H groups in total. The maximum absolute atomic E-state index is 12.8. The van der Waals surface area contributed by atoms with Gasteiger partial charge in [0.25, 0.3) is 0 Å². The highest BCUT2D eigenvalue weighted by molar-refractivity contribution is 5.53. The molecule has 0 aromatic carbocycles. The van der Waals surface area contributed by atoms with E-state index >= 15 is 0 Å². The fourth-order valence-electron chi connectivity index (χ4n) is 1.64. The number of hydrogen-bond acceptors (Lipinski definition) is 3. The highest BCUT2D eigenvalue weighted by atomic mass is 19.4. The number of nitrogens with zero attached hydrogens (tertiary/aromatic N) is 1. The van der Waals surface area contributed by atoms with Gasteiger partial charge >= 0.3 is 6.18 Å². The lowest BCUT2D eigenvalue weighted by Crippen LogP contribution is -2.39. The lowest BCUT2D eigenvalue weighted by Gasteiger charge is -2.22. The van der Waals surface area contributed by atoms with Crippen LogP contribution in [0.3, 0.4) is 0 Å². The van der Waals surface area contributed by atoms with Crippen molar-refractivity contribution in [2.75, 3.05) is 11.9 Å².